The number of allylic oxidation sites excluding steroid dienone is 4. The van der Waals surface area contributed by atoms with E-state index < -0.39 is 0 Å². The third-order valence-electron chi connectivity index (χ3n) is 5.42. The van der Waals surface area contributed by atoms with Gasteiger partial charge in [-0.15, -0.1) is 0 Å². The Hall–Kier alpha value is -0.860. The summed E-state index contributed by atoms with van der Waals surface area (Å²) in [5.74, 6) is 0.360. The van der Waals surface area contributed by atoms with E-state index in [1.807, 2.05) is 6.92 Å². The molecule has 2 rings (SSSR count). The van der Waals surface area contributed by atoms with Crippen LogP contribution in [0, 0.1) is 5.92 Å². The van der Waals surface area contributed by atoms with E-state index in [0.717, 1.165) is 44.1 Å². The van der Waals surface area contributed by atoms with Crippen LogP contribution in [0.25, 0.3) is 0 Å². The molecule has 0 bridgehead atoms. The maximum Gasteiger partial charge on any atom is 0.0923 e. The number of ether oxygens (including phenoxy) is 1. The van der Waals surface area contributed by atoms with Crippen molar-refractivity contribution in [2.75, 3.05) is 0 Å². The van der Waals surface area contributed by atoms with Gasteiger partial charge in [0, 0.05) is 0 Å². The number of rotatable bonds is 1. The SMILES string of the molecule is C=C(C)C1CC=C(C)CCC2OC2(C)CCC=C(C)C(O)C1. The van der Waals surface area contributed by atoms with Crippen molar-refractivity contribution in [3.8, 4) is 0 Å². The number of hydrogen-bond acceptors (Lipinski definition) is 2. The van der Waals surface area contributed by atoms with Crippen molar-refractivity contribution in [3.63, 3.8) is 0 Å². The van der Waals surface area contributed by atoms with Gasteiger partial charge in [-0.1, -0.05) is 29.9 Å². The average Bonchev–Trinajstić information content (AvgIpc) is 3.10. The van der Waals surface area contributed by atoms with E-state index in [9.17, 15) is 5.11 Å². The van der Waals surface area contributed by atoms with Crippen LogP contribution in [0.2, 0.25) is 0 Å². The molecule has 1 aliphatic carbocycles. The highest BCUT2D eigenvalue weighted by atomic mass is 16.6. The Bertz CT molecular complexity index is 474. The minimum absolute atomic E-state index is 0.0619. The Morgan fingerprint density at radius 2 is 2.09 bits per heavy atom. The Balaban J connectivity index is 2.11. The fourth-order valence-electron chi connectivity index (χ4n) is 3.36. The van der Waals surface area contributed by atoms with Crippen molar-refractivity contribution in [2.24, 2.45) is 5.92 Å². The van der Waals surface area contributed by atoms with Crippen LogP contribution >= 0.6 is 0 Å². The molecule has 1 aliphatic heterocycles. The molecule has 1 N–H and O–H groups in total. The van der Waals surface area contributed by atoms with Crippen molar-refractivity contribution < 1.29 is 9.84 Å². The van der Waals surface area contributed by atoms with Gasteiger partial charge in [-0.2, -0.15) is 0 Å². The summed E-state index contributed by atoms with van der Waals surface area (Å²) >= 11 is 0. The summed E-state index contributed by atoms with van der Waals surface area (Å²) in [6.07, 6.45) is 10.6. The predicted molar refractivity (Wildman–Crippen MR) is 92.8 cm³/mol. The van der Waals surface area contributed by atoms with Gasteiger partial charge in [0.15, 0.2) is 0 Å². The van der Waals surface area contributed by atoms with Gasteiger partial charge in [0.1, 0.15) is 0 Å². The van der Waals surface area contributed by atoms with E-state index >= 15 is 0 Å². The normalized spacial score (nSPS) is 37.4. The van der Waals surface area contributed by atoms with Gasteiger partial charge in [-0.05, 0) is 77.7 Å². The average molecular weight is 304 g/mol. The second kappa shape index (κ2) is 7.14. The molecular formula is C20H32O2. The van der Waals surface area contributed by atoms with E-state index in [-0.39, 0.29) is 11.7 Å². The number of aliphatic hydroxyl groups is 1. The predicted octanol–water partition coefficient (Wildman–Crippen LogP) is 4.94. The highest BCUT2D eigenvalue weighted by Gasteiger charge is 2.50. The Morgan fingerprint density at radius 1 is 1.36 bits per heavy atom. The molecular weight excluding hydrogens is 272 g/mol. The van der Waals surface area contributed by atoms with Crippen molar-refractivity contribution in [3.05, 3.63) is 35.5 Å². The van der Waals surface area contributed by atoms with Crippen molar-refractivity contribution >= 4 is 0 Å². The molecule has 0 aromatic rings. The molecule has 0 amide bonds. The molecule has 4 unspecified atom stereocenters. The molecule has 1 heterocycles. The van der Waals surface area contributed by atoms with Gasteiger partial charge < -0.3 is 9.84 Å². The number of epoxide rings is 1. The van der Waals surface area contributed by atoms with Crippen LogP contribution in [0.15, 0.2) is 35.5 Å². The first-order valence-corrected chi connectivity index (χ1v) is 8.65. The van der Waals surface area contributed by atoms with Crippen LogP contribution in [0.5, 0.6) is 0 Å². The maximum atomic E-state index is 10.5. The molecule has 2 heteroatoms. The molecule has 124 valence electrons. The highest BCUT2D eigenvalue weighted by molar-refractivity contribution is 5.12. The topological polar surface area (TPSA) is 32.8 Å². The molecule has 1 fully saturated rings. The number of fused-ring (bicyclic) bond motifs is 1. The number of hydrogen-bond donors (Lipinski definition) is 1. The second-order valence-corrected chi connectivity index (χ2v) is 7.53. The first-order chi connectivity index (χ1) is 10.3. The van der Waals surface area contributed by atoms with Crippen molar-refractivity contribution in [1.82, 2.24) is 0 Å². The summed E-state index contributed by atoms with van der Waals surface area (Å²) in [6.45, 7) is 12.7. The lowest BCUT2D eigenvalue weighted by molar-refractivity contribution is 0.182. The Kier molecular flexibility index (Phi) is 5.68. The summed E-state index contributed by atoms with van der Waals surface area (Å²) in [5.41, 5.74) is 3.75. The third-order valence-corrected chi connectivity index (χ3v) is 5.42. The zero-order valence-corrected chi connectivity index (χ0v) is 14.7. The Morgan fingerprint density at radius 3 is 2.77 bits per heavy atom. The fourth-order valence-corrected chi connectivity index (χ4v) is 3.36. The Labute approximate surface area is 136 Å². The van der Waals surface area contributed by atoms with Gasteiger partial charge in [-0.3, -0.25) is 0 Å². The molecule has 1 saturated heterocycles. The van der Waals surface area contributed by atoms with Crippen LogP contribution in [-0.4, -0.2) is 22.9 Å². The maximum absolute atomic E-state index is 10.5. The molecule has 0 aromatic heterocycles. The van der Waals surface area contributed by atoms with Crippen LogP contribution < -0.4 is 0 Å². The molecule has 22 heavy (non-hydrogen) atoms. The van der Waals surface area contributed by atoms with Gasteiger partial charge in [0.25, 0.3) is 0 Å². The van der Waals surface area contributed by atoms with Crippen LogP contribution in [0.3, 0.4) is 0 Å². The van der Waals surface area contributed by atoms with Crippen molar-refractivity contribution in [1.29, 1.82) is 0 Å². The van der Waals surface area contributed by atoms with Gasteiger partial charge in [-0.25, -0.2) is 0 Å². The molecule has 2 nitrogen and oxygen atoms in total. The zero-order valence-electron chi connectivity index (χ0n) is 14.7. The standard InChI is InChI=1S/C20H32O2/c1-14(2)17-10-8-15(3)9-11-19-20(5,22-19)12-6-7-16(4)18(21)13-17/h7-8,17-19,21H,1,6,9-13H2,2-5H3. The zero-order chi connectivity index (χ0) is 16.3. The van der Waals surface area contributed by atoms with Gasteiger partial charge >= 0.3 is 0 Å². The molecule has 0 spiro atoms. The van der Waals surface area contributed by atoms with E-state index in [1.165, 1.54) is 11.1 Å². The fraction of sp³-hybridized carbons (Fsp3) is 0.700. The number of aliphatic hydroxyl groups excluding tert-OH is 1. The molecule has 0 aromatic carbocycles. The van der Waals surface area contributed by atoms with Crippen molar-refractivity contribution in [2.45, 2.75) is 84.0 Å². The smallest absolute Gasteiger partial charge is 0.0923 e. The van der Waals surface area contributed by atoms with Crippen LogP contribution in [-0.2, 0) is 4.74 Å². The molecule has 0 saturated carbocycles. The van der Waals surface area contributed by atoms with E-state index in [1.54, 1.807) is 0 Å². The van der Waals surface area contributed by atoms with E-state index in [2.05, 4.69) is 39.5 Å². The summed E-state index contributed by atoms with van der Waals surface area (Å²) in [5, 5.41) is 10.5. The minimum Gasteiger partial charge on any atom is -0.389 e. The summed E-state index contributed by atoms with van der Waals surface area (Å²) in [7, 11) is 0. The van der Waals surface area contributed by atoms with E-state index in [4.69, 9.17) is 4.74 Å². The summed E-state index contributed by atoms with van der Waals surface area (Å²) < 4.78 is 5.92. The molecule has 4 atom stereocenters. The molecule has 2 aliphatic rings. The van der Waals surface area contributed by atoms with Crippen LogP contribution in [0.4, 0.5) is 0 Å². The summed E-state index contributed by atoms with van der Waals surface area (Å²) in [6, 6.07) is 0. The third kappa shape index (κ3) is 4.57. The quantitative estimate of drug-likeness (QED) is 0.549. The lowest BCUT2D eigenvalue weighted by atomic mass is 9.87. The minimum atomic E-state index is -0.359. The van der Waals surface area contributed by atoms with Gasteiger partial charge in [0.05, 0.1) is 17.8 Å². The lowest BCUT2D eigenvalue weighted by Crippen LogP contribution is -2.16. The summed E-state index contributed by atoms with van der Waals surface area (Å²) in [4.78, 5) is 0. The van der Waals surface area contributed by atoms with E-state index in [0.29, 0.717) is 12.0 Å². The lowest BCUT2D eigenvalue weighted by Gasteiger charge is -2.21. The highest BCUT2D eigenvalue weighted by Crippen LogP contribution is 2.43. The van der Waals surface area contributed by atoms with Crippen LogP contribution in [0.1, 0.15) is 66.2 Å². The first-order valence-electron chi connectivity index (χ1n) is 8.65. The largest absolute Gasteiger partial charge is 0.389 e. The first kappa shape index (κ1) is 17.5. The molecule has 0 radical (unpaired) electrons. The monoisotopic (exact) mass is 304 g/mol. The second-order valence-electron chi connectivity index (χ2n) is 7.53. The van der Waals surface area contributed by atoms with Gasteiger partial charge in [0.2, 0.25) is 0 Å².